The predicted octanol–water partition coefficient (Wildman–Crippen LogP) is 0.642. The van der Waals surface area contributed by atoms with Crippen molar-refractivity contribution in [3.8, 4) is 0 Å². The lowest BCUT2D eigenvalue weighted by Gasteiger charge is -2.38. The number of benzene rings is 1. The molecule has 2 aliphatic heterocycles. The zero-order valence-corrected chi connectivity index (χ0v) is 13.7. The van der Waals surface area contributed by atoms with Gasteiger partial charge in [0.25, 0.3) is 0 Å². The molecule has 0 atom stereocenters. The smallest absolute Gasteiger partial charge is 0.238 e. The van der Waals surface area contributed by atoms with Crippen molar-refractivity contribution < 1.29 is 9.59 Å². The summed E-state index contributed by atoms with van der Waals surface area (Å²) in [4.78, 5) is 28.2. The number of para-hydroxylation sites is 1. The minimum absolute atomic E-state index is 0.0823. The minimum Gasteiger partial charge on any atom is -0.340 e. The van der Waals surface area contributed by atoms with Gasteiger partial charge in [0.05, 0.1) is 23.2 Å². The Balaban J connectivity index is 1.44. The first-order chi connectivity index (χ1) is 11.1. The highest BCUT2D eigenvalue weighted by molar-refractivity contribution is 6.33. The molecule has 2 N–H and O–H groups in total. The summed E-state index contributed by atoms with van der Waals surface area (Å²) in [5, 5.41) is 6.48. The van der Waals surface area contributed by atoms with Gasteiger partial charge in [0.15, 0.2) is 0 Å². The fourth-order valence-corrected chi connectivity index (χ4v) is 2.99. The molecule has 0 saturated carbocycles. The number of anilines is 1. The van der Waals surface area contributed by atoms with E-state index in [0.29, 0.717) is 30.3 Å². The quantitative estimate of drug-likeness (QED) is 0.847. The van der Waals surface area contributed by atoms with Gasteiger partial charge in [0.1, 0.15) is 0 Å². The normalized spacial score (nSPS) is 19.3. The molecular weight excluding hydrogens is 316 g/mol. The van der Waals surface area contributed by atoms with Crippen LogP contribution in [0, 0.1) is 5.92 Å². The van der Waals surface area contributed by atoms with E-state index in [4.69, 9.17) is 11.6 Å². The standard InChI is InChI=1S/C16H21ClN4O2/c17-13-3-1-2-4-14(13)19-15(22)11-20-5-7-21(8-6-20)16(23)12-9-18-10-12/h1-4,12,18H,5-11H2,(H,19,22). The van der Waals surface area contributed by atoms with E-state index in [1.54, 1.807) is 12.1 Å². The van der Waals surface area contributed by atoms with Gasteiger partial charge in [-0.2, -0.15) is 0 Å². The molecule has 0 aliphatic carbocycles. The largest absolute Gasteiger partial charge is 0.340 e. The van der Waals surface area contributed by atoms with Crippen molar-refractivity contribution in [1.82, 2.24) is 15.1 Å². The summed E-state index contributed by atoms with van der Waals surface area (Å²) in [6.07, 6.45) is 0. The third kappa shape index (κ3) is 4.02. The van der Waals surface area contributed by atoms with Crippen LogP contribution in [0.3, 0.4) is 0 Å². The van der Waals surface area contributed by atoms with Gasteiger partial charge in [-0.05, 0) is 12.1 Å². The third-order valence-corrected chi connectivity index (χ3v) is 4.66. The summed E-state index contributed by atoms with van der Waals surface area (Å²) in [6.45, 7) is 4.73. The Morgan fingerprint density at radius 2 is 1.87 bits per heavy atom. The summed E-state index contributed by atoms with van der Waals surface area (Å²) in [5.41, 5.74) is 0.630. The number of hydrogen-bond acceptors (Lipinski definition) is 4. The van der Waals surface area contributed by atoms with Crippen LogP contribution in [0.5, 0.6) is 0 Å². The van der Waals surface area contributed by atoms with E-state index in [1.165, 1.54) is 0 Å². The van der Waals surface area contributed by atoms with E-state index >= 15 is 0 Å². The Bertz CT molecular complexity index is 583. The average Bonchev–Trinajstić information content (AvgIpc) is 2.48. The minimum atomic E-state index is -0.0823. The molecule has 2 fully saturated rings. The van der Waals surface area contributed by atoms with E-state index < -0.39 is 0 Å². The number of halogens is 1. The van der Waals surface area contributed by atoms with Crippen molar-refractivity contribution in [3.05, 3.63) is 29.3 Å². The van der Waals surface area contributed by atoms with Crippen LogP contribution < -0.4 is 10.6 Å². The summed E-state index contributed by atoms with van der Waals surface area (Å²) < 4.78 is 0. The van der Waals surface area contributed by atoms with Crippen molar-refractivity contribution in [2.75, 3.05) is 51.1 Å². The van der Waals surface area contributed by atoms with Gasteiger partial charge in [-0.3, -0.25) is 14.5 Å². The van der Waals surface area contributed by atoms with E-state index in [0.717, 1.165) is 26.2 Å². The predicted molar refractivity (Wildman–Crippen MR) is 89.5 cm³/mol. The van der Waals surface area contributed by atoms with Crippen molar-refractivity contribution >= 4 is 29.1 Å². The van der Waals surface area contributed by atoms with Crippen LogP contribution >= 0.6 is 11.6 Å². The molecule has 3 rings (SSSR count). The lowest BCUT2D eigenvalue weighted by Crippen LogP contribution is -2.57. The summed E-state index contributed by atoms with van der Waals surface area (Å²) in [7, 11) is 0. The molecule has 0 bridgehead atoms. The second-order valence-electron chi connectivity index (χ2n) is 5.98. The van der Waals surface area contributed by atoms with Crippen molar-refractivity contribution in [2.45, 2.75) is 0 Å². The maximum atomic E-state index is 12.2. The lowest BCUT2D eigenvalue weighted by molar-refractivity contribution is -0.138. The molecule has 0 spiro atoms. The Hall–Kier alpha value is -1.63. The second-order valence-corrected chi connectivity index (χ2v) is 6.39. The van der Waals surface area contributed by atoms with Crippen LogP contribution in [0.15, 0.2) is 24.3 Å². The number of amides is 2. The average molecular weight is 337 g/mol. The first kappa shape index (κ1) is 16.2. The van der Waals surface area contributed by atoms with E-state index in [-0.39, 0.29) is 17.7 Å². The second kappa shape index (κ2) is 7.29. The number of nitrogens with zero attached hydrogens (tertiary/aromatic N) is 2. The number of hydrogen-bond donors (Lipinski definition) is 2. The zero-order chi connectivity index (χ0) is 16.2. The molecule has 2 amide bonds. The zero-order valence-electron chi connectivity index (χ0n) is 12.9. The molecule has 0 unspecified atom stereocenters. The number of carbonyl (C=O) groups excluding carboxylic acids is 2. The molecule has 23 heavy (non-hydrogen) atoms. The molecule has 0 radical (unpaired) electrons. The molecule has 2 saturated heterocycles. The Morgan fingerprint density at radius 1 is 1.17 bits per heavy atom. The fraction of sp³-hybridized carbons (Fsp3) is 0.500. The van der Waals surface area contributed by atoms with Gasteiger partial charge in [-0.1, -0.05) is 23.7 Å². The van der Waals surface area contributed by atoms with E-state index in [2.05, 4.69) is 15.5 Å². The molecule has 2 aliphatic rings. The molecule has 1 aromatic rings. The highest BCUT2D eigenvalue weighted by Crippen LogP contribution is 2.20. The van der Waals surface area contributed by atoms with Crippen molar-refractivity contribution in [1.29, 1.82) is 0 Å². The van der Waals surface area contributed by atoms with Crippen molar-refractivity contribution in [2.24, 2.45) is 5.92 Å². The van der Waals surface area contributed by atoms with Crippen LogP contribution in [0.2, 0.25) is 5.02 Å². The molecular formula is C16H21ClN4O2. The Morgan fingerprint density at radius 3 is 2.48 bits per heavy atom. The molecule has 6 nitrogen and oxygen atoms in total. The number of piperazine rings is 1. The highest BCUT2D eigenvalue weighted by Gasteiger charge is 2.31. The monoisotopic (exact) mass is 336 g/mol. The number of carbonyl (C=O) groups is 2. The molecule has 0 aromatic heterocycles. The third-order valence-electron chi connectivity index (χ3n) is 4.33. The topological polar surface area (TPSA) is 64.7 Å². The Labute approximate surface area is 140 Å². The number of rotatable bonds is 4. The highest BCUT2D eigenvalue weighted by atomic mass is 35.5. The van der Waals surface area contributed by atoms with Gasteiger partial charge < -0.3 is 15.5 Å². The van der Waals surface area contributed by atoms with Crippen LogP contribution in [0.4, 0.5) is 5.69 Å². The summed E-state index contributed by atoms with van der Waals surface area (Å²) in [6, 6.07) is 7.19. The maximum absolute atomic E-state index is 12.2. The molecule has 1 aromatic carbocycles. The summed E-state index contributed by atoms with van der Waals surface area (Å²) in [5.74, 6) is 0.301. The van der Waals surface area contributed by atoms with E-state index in [1.807, 2.05) is 17.0 Å². The van der Waals surface area contributed by atoms with Gasteiger partial charge in [-0.15, -0.1) is 0 Å². The molecule has 124 valence electrons. The van der Waals surface area contributed by atoms with E-state index in [9.17, 15) is 9.59 Å². The number of nitrogens with one attached hydrogen (secondary N) is 2. The van der Waals surface area contributed by atoms with Gasteiger partial charge in [0, 0.05) is 39.3 Å². The Kier molecular flexibility index (Phi) is 5.15. The van der Waals surface area contributed by atoms with Crippen molar-refractivity contribution in [3.63, 3.8) is 0 Å². The van der Waals surface area contributed by atoms with Crippen LogP contribution in [0.25, 0.3) is 0 Å². The first-order valence-corrected chi connectivity index (χ1v) is 8.27. The van der Waals surface area contributed by atoms with Crippen LogP contribution in [-0.2, 0) is 9.59 Å². The van der Waals surface area contributed by atoms with Crippen LogP contribution in [-0.4, -0.2) is 67.4 Å². The molecule has 2 heterocycles. The van der Waals surface area contributed by atoms with Gasteiger partial charge in [-0.25, -0.2) is 0 Å². The fourth-order valence-electron chi connectivity index (χ4n) is 2.80. The summed E-state index contributed by atoms with van der Waals surface area (Å²) >= 11 is 6.04. The molecule has 7 heteroatoms. The van der Waals surface area contributed by atoms with Gasteiger partial charge in [0.2, 0.25) is 11.8 Å². The van der Waals surface area contributed by atoms with Gasteiger partial charge >= 0.3 is 0 Å². The lowest BCUT2D eigenvalue weighted by atomic mass is 10.0. The van der Waals surface area contributed by atoms with Crippen LogP contribution in [0.1, 0.15) is 0 Å². The first-order valence-electron chi connectivity index (χ1n) is 7.90. The maximum Gasteiger partial charge on any atom is 0.238 e. The SMILES string of the molecule is O=C(CN1CCN(C(=O)C2CNC2)CC1)Nc1ccccc1Cl.